The fraction of sp³-hybridized carbons (Fsp3) is 0.167. The van der Waals surface area contributed by atoms with Crippen LogP contribution in [0.25, 0.3) is 11.0 Å². The first-order valence-electron chi connectivity index (χ1n) is 4.98. The number of fused-ring (bicyclic) bond motifs is 1. The topological polar surface area (TPSA) is 83.5 Å². The smallest absolute Gasteiger partial charge is 0.306 e. The van der Waals surface area contributed by atoms with Crippen LogP contribution in [0.15, 0.2) is 28.7 Å². The summed E-state index contributed by atoms with van der Waals surface area (Å²) in [7, 11) is 0. The Morgan fingerprint density at radius 2 is 2.24 bits per heavy atom. The zero-order valence-corrected chi connectivity index (χ0v) is 8.84. The van der Waals surface area contributed by atoms with E-state index in [1.165, 1.54) is 0 Å². The van der Waals surface area contributed by atoms with Gasteiger partial charge in [0, 0.05) is 0 Å². The van der Waals surface area contributed by atoms with Crippen LogP contribution in [0.1, 0.15) is 12.2 Å². The molecule has 17 heavy (non-hydrogen) atoms. The number of hydrogen-bond acceptors (Lipinski definition) is 4. The third-order valence-corrected chi connectivity index (χ3v) is 2.21. The van der Waals surface area contributed by atoms with E-state index in [1.54, 1.807) is 24.3 Å². The first kappa shape index (κ1) is 11.0. The van der Waals surface area contributed by atoms with E-state index >= 15 is 0 Å². The van der Waals surface area contributed by atoms with Crippen molar-refractivity contribution in [2.45, 2.75) is 6.42 Å². The number of rotatable bonds is 4. The molecule has 0 unspecified atom stereocenters. The molecule has 0 aliphatic heterocycles. The summed E-state index contributed by atoms with van der Waals surface area (Å²) in [5, 5.41) is 18.1. The Morgan fingerprint density at radius 1 is 1.47 bits per heavy atom. The molecular formula is C12H9NO4. The highest BCUT2D eigenvalue weighted by Gasteiger charge is 2.15. The van der Waals surface area contributed by atoms with Crippen LogP contribution < -0.4 is 4.74 Å². The molecule has 5 nitrogen and oxygen atoms in total. The van der Waals surface area contributed by atoms with Gasteiger partial charge in [-0.15, -0.1) is 0 Å². The Labute approximate surface area is 96.8 Å². The molecule has 1 N–H and O–H groups in total. The fourth-order valence-corrected chi connectivity index (χ4v) is 1.48. The summed E-state index contributed by atoms with van der Waals surface area (Å²) < 4.78 is 10.6. The average Bonchev–Trinajstić information content (AvgIpc) is 2.67. The van der Waals surface area contributed by atoms with Gasteiger partial charge in [0.25, 0.3) is 0 Å². The second-order valence-electron chi connectivity index (χ2n) is 3.36. The highest BCUT2D eigenvalue weighted by atomic mass is 16.5. The van der Waals surface area contributed by atoms with Crippen LogP contribution in [0.4, 0.5) is 0 Å². The summed E-state index contributed by atoms with van der Waals surface area (Å²) in [5.41, 5.74) is 0.550. The van der Waals surface area contributed by atoms with Crippen LogP contribution in [0.5, 0.6) is 5.75 Å². The standard InChI is InChI=1S/C12H9NO4/c13-7-10-12(16-6-5-11(14)15)8-3-1-2-4-9(8)17-10/h1-4H,5-6H2,(H,14,15). The molecule has 0 atom stereocenters. The van der Waals surface area contributed by atoms with Gasteiger partial charge in [0.05, 0.1) is 18.4 Å². The number of benzene rings is 1. The second-order valence-corrected chi connectivity index (χ2v) is 3.36. The van der Waals surface area contributed by atoms with Gasteiger partial charge in [-0.3, -0.25) is 4.79 Å². The molecule has 86 valence electrons. The number of para-hydroxylation sites is 1. The lowest BCUT2D eigenvalue weighted by Crippen LogP contribution is -2.05. The first-order chi connectivity index (χ1) is 8.22. The lowest BCUT2D eigenvalue weighted by atomic mass is 10.2. The van der Waals surface area contributed by atoms with E-state index in [4.69, 9.17) is 19.5 Å². The summed E-state index contributed by atoms with van der Waals surface area (Å²) in [5.74, 6) is -0.572. The van der Waals surface area contributed by atoms with E-state index in [0.717, 1.165) is 0 Å². The van der Waals surface area contributed by atoms with E-state index in [2.05, 4.69) is 0 Å². The number of hydrogen-bond donors (Lipinski definition) is 1. The number of carboxylic acid groups (broad SMARTS) is 1. The van der Waals surface area contributed by atoms with Gasteiger partial charge in [-0.2, -0.15) is 5.26 Å². The Bertz CT molecular complexity index is 594. The number of nitriles is 1. The van der Waals surface area contributed by atoms with Crippen molar-refractivity contribution in [2.24, 2.45) is 0 Å². The predicted molar refractivity (Wildman–Crippen MR) is 58.7 cm³/mol. The number of carboxylic acids is 1. The van der Waals surface area contributed by atoms with Crippen LogP contribution >= 0.6 is 0 Å². The highest BCUT2D eigenvalue weighted by Crippen LogP contribution is 2.32. The number of carbonyl (C=O) groups is 1. The summed E-state index contributed by atoms with van der Waals surface area (Å²) in [6, 6.07) is 8.95. The zero-order chi connectivity index (χ0) is 12.3. The lowest BCUT2D eigenvalue weighted by molar-refractivity contribution is -0.137. The molecule has 5 heteroatoms. The molecule has 1 heterocycles. The molecule has 0 radical (unpaired) electrons. The Balaban J connectivity index is 2.31. The van der Waals surface area contributed by atoms with Gasteiger partial charge in [0.2, 0.25) is 5.76 Å². The Morgan fingerprint density at radius 3 is 2.94 bits per heavy atom. The normalized spacial score (nSPS) is 10.1. The minimum atomic E-state index is -0.948. The largest absolute Gasteiger partial charge is 0.488 e. The van der Waals surface area contributed by atoms with Crippen molar-refractivity contribution in [3.63, 3.8) is 0 Å². The van der Waals surface area contributed by atoms with Gasteiger partial charge < -0.3 is 14.3 Å². The molecule has 1 aromatic heterocycles. The molecule has 2 rings (SSSR count). The molecule has 0 aliphatic rings. The predicted octanol–water partition coefficient (Wildman–Crippen LogP) is 2.16. The van der Waals surface area contributed by atoms with Crippen molar-refractivity contribution in [2.75, 3.05) is 6.61 Å². The molecule has 0 fully saturated rings. The van der Waals surface area contributed by atoms with Gasteiger partial charge in [-0.25, -0.2) is 0 Å². The first-order valence-corrected chi connectivity index (χ1v) is 4.98. The van der Waals surface area contributed by atoms with Crippen LogP contribution in [0.3, 0.4) is 0 Å². The second kappa shape index (κ2) is 4.58. The van der Waals surface area contributed by atoms with Crippen LogP contribution in [0, 0.1) is 11.3 Å². The van der Waals surface area contributed by atoms with Crippen molar-refractivity contribution in [3.8, 4) is 11.8 Å². The highest BCUT2D eigenvalue weighted by molar-refractivity contribution is 5.86. The van der Waals surface area contributed by atoms with Crippen LogP contribution in [-0.2, 0) is 4.79 Å². The Kier molecular flexibility index (Phi) is 2.97. The minimum absolute atomic E-state index is 0.00748. The molecule has 0 bridgehead atoms. The molecule has 0 spiro atoms. The summed E-state index contributed by atoms with van der Waals surface area (Å²) in [6.07, 6.45) is -0.121. The number of nitrogens with zero attached hydrogens (tertiary/aromatic N) is 1. The van der Waals surface area contributed by atoms with Gasteiger partial charge in [-0.05, 0) is 12.1 Å². The van der Waals surface area contributed by atoms with E-state index in [1.807, 2.05) is 6.07 Å². The van der Waals surface area contributed by atoms with Crippen molar-refractivity contribution in [1.29, 1.82) is 5.26 Å². The van der Waals surface area contributed by atoms with Crippen LogP contribution in [-0.4, -0.2) is 17.7 Å². The van der Waals surface area contributed by atoms with E-state index < -0.39 is 5.97 Å². The van der Waals surface area contributed by atoms with Gasteiger partial charge in [0.15, 0.2) is 5.75 Å². The summed E-state index contributed by atoms with van der Waals surface area (Å²) >= 11 is 0. The van der Waals surface area contributed by atoms with Gasteiger partial charge >= 0.3 is 5.97 Å². The fourth-order valence-electron chi connectivity index (χ4n) is 1.48. The third-order valence-electron chi connectivity index (χ3n) is 2.21. The van der Waals surface area contributed by atoms with E-state index in [9.17, 15) is 4.79 Å². The van der Waals surface area contributed by atoms with Crippen molar-refractivity contribution < 1.29 is 19.1 Å². The quantitative estimate of drug-likeness (QED) is 0.871. The molecule has 0 aliphatic carbocycles. The molecule has 2 aromatic rings. The van der Waals surface area contributed by atoms with Crippen LogP contribution in [0.2, 0.25) is 0 Å². The number of ether oxygens (including phenoxy) is 1. The van der Waals surface area contributed by atoms with Crippen molar-refractivity contribution in [1.82, 2.24) is 0 Å². The monoisotopic (exact) mass is 231 g/mol. The zero-order valence-electron chi connectivity index (χ0n) is 8.84. The van der Waals surface area contributed by atoms with E-state index in [0.29, 0.717) is 16.7 Å². The summed E-state index contributed by atoms with van der Waals surface area (Å²) in [6.45, 7) is 0.00748. The lowest BCUT2D eigenvalue weighted by Gasteiger charge is -2.01. The minimum Gasteiger partial charge on any atom is -0.488 e. The van der Waals surface area contributed by atoms with Gasteiger partial charge in [-0.1, -0.05) is 12.1 Å². The maximum Gasteiger partial charge on any atom is 0.306 e. The average molecular weight is 231 g/mol. The molecule has 0 saturated carbocycles. The third kappa shape index (κ3) is 2.21. The number of furan rings is 1. The van der Waals surface area contributed by atoms with Crippen molar-refractivity contribution in [3.05, 3.63) is 30.0 Å². The molecule has 0 saturated heterocycles. The Hall–Kier alpha value is -2.48. The molecule has 1 aromatic carbocycles. The number of aliphatic carboxylic acids is 1. The van der Waals surface area contributed by atoms with Crippen molar-refractivity contribution >= 4 is 16.9 Å². The molecular weight excluding hydrogens is 222 g/mol. The van der Waals surface area contributed by atoms with E-state index in [-0.39, 0.29) is 18.8 Å². The maximum absolute atomic E-state index is 10.4. The van der Waals surface area contributed by atoms with Gasteiger partial charge in [0.1, 0.15) is 11.7 Å². The maximum atomic E-state index is 10.4. The molecule has 0 amide bonds. The SMILES string of the molecule is N#Cc1oc2ccccc2c1OCCC(=O)O. The summed E-state index contributed by atoms with van der Waals surface area (Å²) in [4.78, 5) is 10.4.